The predicted octanol–water partition coefficient (Wildman–Crippen LogP) is 3.81. The van der Waals surface area contributed by atoms with Crippen molar-refractivity contribution in [3.05, 3.63) is 101 Å². The average Bonchev–Trinajstić information content (AvgIpc) is 2.73. The number of carbonyl (C=O) groups is 2. The molecule has 1 atom stereocenters. The largest absolute Gasteiger partial charge is 0.347 e. The van der Waals surface area contributed by atoms with E-state index in [1.54, 1.807) is 18.2 Å². The van der Waals surface area contributed by atoms with Crippen LogP contribution in [0, 0.1) is 6.92 Å². The van der Waals surface area contributed by atoms with E-state index in [0.717, 1.165) is 11.1 Å². The third kappa shape index (κ3) is 5.04. The summed E-state index contributed by atoms with van der Waals surface area (Å²) in [7, 11) is 0. The molecular formula is C23H23N3O2. The van der Waals surface area contributed by atoms with Crippen molar-refractivity contribution in [1.29, 1.82) is 0 Å². The fourth-order valence-corrected chi connectivity index (χ4v) is 2.76. The molecule has 0 spiro atoms. The van der Waals surface area contributed by atoms with Gasteiger partial charge in [0.2, 0.25) is 0 Å². The number of benzene rings is 2. The van der Waals surface area contributed by atoms with Gasteiger partial charge < -0.3 is 10.6 Å². The molecule has 0 saturated carbocycles. The first-order valence-electron chi connectivity index (χ1n) is 9.19. The minimum Gasteiger partial charge on any atom is -0.347 e. The molecule has 2 amide bonds. The standard InChI is InChI=1S/C23H23N3O2/c1-16-11-13-18(14-12-16)15-24-22(27)20-9-6-10-21(26-20)23(28)25-17(2)19-7-4-3-5-8-19/h3-14,17H,15H2,1-2H3,(H,24,27)(H,25,28). The van der Waals surface area contributed by atoms with E-state index in [9.17, 15) is 9.59 Å². The van der Waals surface area contributed by atoms with E-state index >= 15 is 0 Å². The van der Waals surface area contributed by atoms with E-state index in [-0.39, 0.29) is 29.2 Å². The summed E-state index contributed by atoms with van der Waals surface area (Å²) >= 11 is 0. The predicted molar refractivity (Wildman–Crippen MR) is 109 cm³/mol. The Morgan fingerprint density at radius 3 is 2.18 bits per heavy atom. The van der Waals surface area contributed by atoms with E-state index < -0.39 is 0 Å². The van der Waals surface area contributed by atoms with Gasteiger partial charge >= 0.3 is 0 Å². The van der Waals surface area contributed by atoms with Crippen LogP contribution in [0.5, 0.6) is 0 Å². The minimum atomic E-state index is -0.315. The molecule has 0 aliphatic rings. The summed E-state index contributed by atoms with van der Waals surface area (Å²) in [6.45, 7) is 4.33. The first-order valence-corrected chi connectivity index (χ1v) is 9.19. The van der Waals surface area contributed by atoms with Crippen LogP contribution >= 0.6 is 0 Å². The first kappa shape index (κ1) is 19.3. The molecule has 5 nitrogen and oxygen atoms in total. The second kappa shape index (κ2) is 8.95. The number of nitrogens with zero attached hydrogens (tertiary/aromatic N) is 1. The summed E-state index contributed by atoms with van der Waals surface area (Å²) in [6, 6.07) is 22.3. The quantitative estimate of drug-likeness (QED) is 0.690. The lowest BCUT2D eigenvalue weighted by Crippen LogP contribution is -2.29. The lowest BCUT2D eigenvalue weighted by molar-refractivity contribution is 0.0933. The molecule has 3 rings (SSSR count). The SMILES string of the molecule is Cc1ccc(CNC(=O)c2cccc(C(=O)NC(C)c3ccccc3)n2)cc1. The fraction of sp³-hybridized carbons (Fsp3) is 0.174. The Bertz CT molecular complexity index is 953. The van der Waals surface area contributed by atoms with Crippen molar-refractivity contribution in [2.75, 3.05) is 0 Å². The van der Waals surface area contributed by atoms with Gasteiger partial charge in [-0.1, -0.05) is 66.2 Å². The molecule has 0 aliphatic carbocycles. The van der Waals surface area contributed by atoms with Crippen LogP contribution in [-0.4, -0.2) is 16.8 Å². The molecular weight excluding hydrogens is 350 g/mol. The summed E-state index contributed by atoms with van der Waals surface area (Å²) in [5, 5.41) is 5.74. The van der Waals surface area contributed by atoms with Crippen molar-refractivity contribution in [1.82, 2.24) is 15.6 Å². The number of nitrogens with one attached hydrogen (secondary N) is 2. The van der Waals surface area contributed by atoms with Crippen molar-refractivity contribution < 1.29 is 9.59 Å². The summed E-state index contributed by atoms with van der Waals surface area (Å²) in [6.07, 6.45) is 0. The summed E-state index contributed by atoms with van der Waals surface area (Å²) in [5.74, 6) is -0.629. The van der Waals surface area contributed by atoms with Crippen LogP contribution in [0.25, 0.3) is 0 Å². The van der Waals surface area contributed by atoms with Crippen molar-refractivity contribution in [2.45, 2.75) is 26.4 Å². The molecule has 0 saturated heterocycles. The second-order valence-electron chi connectivity index (χ2n) is 6.68. The Morgan fingerprint density at radius 1 is 0.857 bits per heavy atom. The Labute approximate surface area is 164 Å². The lowest BCUT2D eigenvalue weighted by atomic mass is 10.1. The zero-order valence-electron chi connectivity index (χ0n) is 16.0. The first-order chi connectivity index (χ1) is 13.5. The molecule has 28 heavy (non-hydrogen) atoms. The molecule has 5 heteroatoms. The van der Waals surface area contributed by atoms with E-state index in [2.05, 4.69) is 15.6 Å². The fourth-order valence-electron chi connectivity index (χ4n) is 2.76. The van der Waals surface area contributed by atoms with Crippen LogP contribution in [0.3, 0.4) is 0 Å². The monoisotopic (exact) mass is 373 g/mol. The van der Waals surface area contributed by atoms with Crippen molar-refractivity contribution in [3.63, 3.8) is 0 Å². The highest BCUT2D eigenvalue weighted by Gasteiger charge is 2.15. The summed E-state index contributed by atoms with van der Waals surface area (Å²) in [4.78, 5) is 29.1. The number of carbonyl (C=O) groups excluding carboxylic acids is 2. The molecule has 2 N–H and O–H groups in total. The van der Waals surface area contributed by atoms with Crippen LogP contribution in [0.2, 0.25) is 0 Å². The van der Waals surface area contributed by atoms with Gasteiger partial charge in [-0.2, -0.15) is 0 Å². The van der Waals surface area contributed by atoms with Gasteiger partial charge in [-0.25, -0.2) is 4.98 Å². The Morgan fingerprint density at radius 2 is 1.50 bits per heavy atom. The average molecular weight is 373 g/mol. The maximum absolute atomic E-state index is 12.5. The van der Waals surface area contributed by atoms with Gasteiger partial charge in [-0.05, 0) is 37.1 Å². The van der Waals surface area contributed by atoms with Gasteiger partial charge in [0.15, 0.2) is 0 Å². The highest BCUT2D eigenvalue weighted by Crippen LogP contribution is 2.12. The van der Waals surface area contributed by atoms with E-state index in [4.69, 9.17) is 0 Å². The number of pyridine rings is 1. The molecule has 3 aromatic rings. The lowest BCUT2D eigenvalue weighted by Gasteiger charge is -2.14. The zero-order valence-corrected chi connectivity index (χ0v) is 16.0. The molecule has 0 bridgehead atoms. The van der Waals surface area contributed by atoms with Crippen LogP contribution in [0.1, 0.15) is 50.6 Å². The van der Waals surface area contributed by atoms with Crippen molar-refractivity contribution >= 4 is 11.8 Å². The summed E-state index contributed by atoms with van der Waals surface area (Å²) < 4.78 is 0. The number of hydrogen-bond donors (Lipinski definition) is 2. The van der Waals surface area contributed by atoms with Gasteiger partial charge in [-0.15, -0.1) is 0 Å². The molecule has 1 unspecified atom stereocenters. The van der Waals surface area contributed by atoms with Crippen LogP contribution in [-0.2, 0) is 6.54 Å². The number of aryl methyl sites for hydroxylation is 1. The maximum Gasteiger partial charge on any atom is 0.270 e. The third-order valence-corrected chi connectivity index (χ3v) is 4.44. The smallest absolute Gasteiger partial charge is 0.270 e. The van der Waals surface area contributed by atoms with Crippen LogP contribution in [0.4, 0.5) is 0 Å². The van der Waals surface area contributed by atoms with E-state index in [1.807, 2.05) is 68.4 Å². The van der Waals surface area contributed by atoms with Crippen molar-refractivity contribution in [2.24, 2.45) is 0 Å². The van der Waals surface area contributed by atoms with Crippen LogP contribution < -0.4 is 10.6 Å². The number of hydrogen-bond acceptors (Lipinski definition) is 3. The van der Waals surface area contributed by atoms with Crippen LogP contribution in [0.15, 0.2) is 72.8 Å². The minimum absolute atomic E-state index is 0.158. The number of aromatic nitrogens is 1. The number of rotatable bonds is 6. The Balaban J connectivity index is 1.63. The zero-order chi connectivity index (χ0) is 19.9. The second-order valence-corrected chi connectivity index (χ2v) is 6.68. The summed E-state index contributed by atoms with van der Waals surface area (Å²) in [5.41, 5.74) is 3.60. The molecule has 0 fully saturated rings. The molecule has 1 heterocycles. The molecule has 2 aromatic carbocycles. The van der Waals surface area contributed by atoms with Crippen molar-refractivity contribution in [3.8, 4) is 0 Å². The van der Waals surface area contributed by atoms with E-state index in [1.165, 1.54) is 5.56 Å². The van der Waals surface area contributed by atoms with Gasteiger partial charge in [-0.3, -0.25) is 9.59 Å². The topological polar surface area (TPSA) is 71.1 Å². The van der Waals surface area contributed by atoms with Gasteiger partial charge in [0, 0.05) is 6.54 Å². The third-order valence-electron chi connectivity index (χ3n) is 4.44. The van der Waals surface area contributed by atoms with E-state index in [0.29, 0.717) is 6.54 Å². The Kier molecular flexibility index (Phi) is 6.17. The Hall–Kier alpha value is -3.47. The molecule has 1 aromatic heterocycles. The maximum atomic E-state index is 12.5. The van der Waals surface area contributed by atoms with Gasteiger partial charge in [0.1, 0.15) is 11.4 Å². The number of amides is 2. The molecule has 0 aliphatic heterocycles. The van der Waals surface area contributed by atoms with Gasteiger partial charge in [0.25, 0.3) is 11.8 Å². The van der Waals surface area contributed by atoms with Gasteiger partial charge in [0.05, 0.1) is 6.04 Å². The highest BCUT2D eigenvalue weighted by molar-refractivity contribution is 5.96. The molecule has 0 radical (unpaired) electrons. The molecule has 142 valence electrons. The highest BCUT2D eigenvalue weighted by atomic mass is 16.2. The normalized spacial score (nSPS) is 11.5.